The van der Waals surface area contributed by atoms with E-state index in [1.54, 1.807) is 6.20 Å². The van der Waals surface area contributed by atoms with E-state index >= 15 is 0 Å². The van der Waals surface area contributed by atoms with Crippen LogP contribution in [0, 0.1) is 0 Å². The summed E-state index contributed by atoms with van der Waals surface area (Å²) in [6, 6.07) is 6.48. The molecule has 18 heavy (non-hydrogen) atoms. The molecule has 1 saturated heterocycles. The molecule has 1 aromatic carbocycles. The van der Waals surface area contributed by atoms with Gasteiger partial charge in [-0.2, -0.15) is 16.9 Å². The molecule has 3 N–H and O–H groups in total. The standard InChI is InChI=1S/C13H14BrN3S/c14-12-5-8(11-6-16-17-13(11)15)1-2-10(12)9-3-4-18-7-9/h1-2,5-6,9H,3-4,7H2,(H3,15,16,17). The Bertz CT molecular complexity index is 561. The molecule has 1 unspecified atom stereocenters. The molecule has 3 nitrogen and oxygen atoms in total. The molecule has 1 atom stereocenters. The molecular weight excluding hydrogens is 310 g/mol. The average molecular weight is 324 g/mol. The summed E-state index contributed by atoms with van der Waals surface area (Å²) < 4.78 is 1.17. The lowest BCUT2D eigenvalue weighted by Gasteiger charge is -2.12. The number of benzene rings is 1. The summed E-state index contributed by atoms with van der Waals surface area (Å²) in [7, 11) is 0. The Balaban J connectivity index is 1.96. The third-order valence-electron chi connectivity index (χ3n) is 3.35. The first kappa shape index (κ1) is 12.1. The number of thioether (sulfide) groups is 1. The first-order valence-electron chi connectivity index (χ1n) is 5.92. The molecule has 1 fully saturated rings. The Morgan fingerprint density at radius 1 is 1.44 bits per heavy atom. The Labute approximate surface area is 119 Å². The van der Waals surface area contributed by atoms with Crippen molar-refractivity contribution in [2.75, 3.05) is 17.2 Å². The first-order chi connectivity index (χ1) is 8.75. The van der Waals surface area contributed by atoms with Crippen molar-refractivity contribution in [3.05, 3.63) is 34.4 Å². The van der Waals surface area contributed by atoms with Crippen LogP contribution in [-0.4, -0.2) is 21.7 Å². The van der Waals surface area contributed by atoms with Gasteiger partial charge in [-0.05, 0) is 35.3 Å². The van der Waals surface area contributed by atoms with E-state index in [9.17, 15) is 0 Å². The first-order valence-corrected chi connectivity index (χ1v) is 7.87. The maximum absolute atomic E-state index is 5.85. The highest BCUT2D eigenvalue weighted by Crippen LogP contribution is 2.38. The van der Waals surface area contributed by atoms with Gasteiger partial charge in [-0.1, -0.05) is 28.1 Å². The van der Waals surface area contributed by atoms with Crippen LogP contribution in [0.2, 0.25) is 0 Å². The molecule has 1 aliphatic heterocycles. The minimum absolute atomic E-state index is 0.617. The number of aromatic amines is 1. The highest BCUT2D eigenvalue weighted by Gasteiger charge is 2.20. The fourth-order valence-electron chi connectivity index (χ4n) is 2.33. The Morgan fingerprint density at radius 3 is 2.94 bits per heavy atom. The molecule has 1 aliphatic rings. The lowest BCUT2D eigenvalue weighted by molar-refractivity contribution is 0.778. The molecule has 0 spiro atoms. The van der Waals surface area contributed by atoms with Gasteiger partial charge in [0.1, 0.15) is 5.82 Å². The van der Waals surface area contributed by atoms with Gasteiger partial charge in [0.05, 0.1) is 6.20 Å². The van der Waals surface area contributed by atoms with E-state index < -0.39 is 0 Å². The number of hydrogen-bond donors (Lipinski definition) is 2. The maximum atomic E-state index is 5.85. The fourth-order valence-corrected chi connectivity index (χ4v) is 4.28. The van der Waals surface area contributed by atoms with E-state index in [1.165, 1.54) is 28.0 Å². The number of nitrogens with two attached hydrogens (primary N) is 1. The normalized spacial score (nSPS) is 19.3. The van der Waals surface area contributed by atoms with Crippen LogP contribution in [0.4, 0.5) is 5.82 Å². The topological polar surface area (TPSA) is 54.7 Å². The molecule has 1 aromatic heterocycles. The predicted molar refractivity (Wildman–Crippen MR) is 80.8 cm³/mol. The average Bonchev–Trinajstić information content (AvgIpc) is 2.99. The summed E-state index contributed by atoms with van der Waals surface area (Å²) in [6.45, 7) is 0. The molecular formula is C13H14BrN3S. The second kappa shape index (κ2) is 4.97. The van der Waals surface area contributed by atoms with E-state index in [-0.39, 0.29) is 0 Å². The van der Waals surface area contributed by atoms with Crippen molar-refractivity contribution in [2.45, 2.75) is 12.3 Å². The van der Waals surface area contributed by atoms with Crippen LogP contribution >= 0.6 is 27.7 Å². The smallest absolute Gasteiger partial charge is 0.126 e. The second-order valence-electron chi connectivity index (χ2n) is 4.49. The van der Waals surface area contributed by atoms with Crippen molar-refractivity contribution in [1.29, 1.82) is 0 Å². The minimum Gasteiger partial charge on any atom is -0.384 e. The molecule has 94 valence electrons. The number of aromatic nitrogens is 2. The van der Waals surface area contributed by atoms with Crippen LogP contribution in [0.3, 0.4) is 0 Å². The Morgan fingerprint density at radius 2 is 2.33 bits per heavy atom. The lowest BCUT2D eigenvalue weighted by atomic mass is 9.96. The maximum Gasteiger partial charge on any atom is 0.126 e. The highest BCUT2D eigenvalue weighted by atomic mass is 79.9. The van der Waals surface area contributed by atoms with Crippen molar-refractivity contribution in [2.24, 2.45) is 0 Å². The van der Waals surface area contributed by atoms with E-state index in [0.29, 0.717) is 11.7 Å². The van der Waals surface area contributed by atoms with Crippen LogP contribution in [0.15, 0.2) is 28.9 Å². The number of nitrogens with one attached hydrogen (secondary N) is 1. The molecule has 5 heteroatoms. The molecule has 2 heterocycles. The summed E-state index contributed by atoms with van der Waals surface area (Å²) in [5.74, 6) is 3.80. The predicted octanol–water partition coefficient (Wildman–Crippen LogP) is 3.64. The second-order valence-corrected chi connectivity index (χ2v) is 6.50. The molecule has 0 saturated carbocycles. The zero-order chi connectivity index (χ0) is 12.5. The largest absolute Gasteiger partial charge is 0.384 e. The van der Waals surface area contributed by atoms with Gasteiger partial charge in [0.25, 0.3) is 0 Å². The van der Waals surface area contributed by atoms with Gasteiger partial charge < -0.3 is 5.73 Å². The van der Waals surface area contributed by atoms with Crippen molar-refractivity contribution >= 4 is 33.5 Å². The van der Waals surface area contributed by atoms with Gasteiger partial charge in [0, 0.05) is 15.8 Å². The van der Waals surface area contributed by atoms with Crippen molar-refractivity contribution in [1.82, 2.24) is 10.2 Å². The van der Waals surface area contributed by atoms with Gasteiger partial charge in [0.15, 0.2) is 0 Å². The van der Waals surface area contributed by atoms with Crippen LogP contribution in [0.1, 0.15) is 17.9 Å². The number of nitrogens with zero attached hydrogens (tertiary/aromatic N) is 1. The van der Waals surface area contributed by atoms with Crippen LogP contribution in [-0.2, 0) is 0 Å². The number of rotatable bonds is 2. The summed E-state index contributed by atoms with van der Waals surface area (Å²) in [5, 5.41) is 6.72. The molecule has 0 aliphatic carbocycles. The Kier molecular flexibility index (Phi) is 3.35. The van der Waals surface area contributed by atoms with Gasteiger partial charge in [0.2, 0.25) is 0 Å². The molecule has 2 aromatic rings. The number of anilines is 1. The number of hydrogen-bond acceptors (Lipinski definition) is 3. The Hall–Kier alpha value is -0.940. The highest BCUT2D eigenvalue weighted by molar-refractivity contribution is 9.10. The van der Waals surface area contributed by atoms with E-state index in [1.807, 2.05) is 11.8 Å². The zero-order valence-corrected chi connectivity index (χ0v) is 12.2. The fraction of sp³-hybridized carbons (Fsp3) is 0.308. The third-order valence-corrected chi connectivity index (χ3v) is 5.20. The van der Waals surface area contributed by atoms with Crippen molar-refractivity contribution in [3.63, 3.8) is 0 Å². The van der Waals surface area contributed by atoms with Crippen molar-refractivity contribution < 1.29 is 0 Å². The van der Waals surface area contributed by atoms with Gasteiger partial charge >= 0.3 is 0 Å². The van der Waals surface area contributed by atoms with Crippen LogP contribution in [0.25, 0.3) is 11.1 Å². The third kappa shape index (κ3) is 2.17. The summed E-state index contributed by atoms with van der Waals surface area (Å²) in [4.78, 5) is 0. The zero-order valence-electron chi connectivity index (χ0n) is 9.82. The van der Waals surface area contributed by atoms with Crippen molar-refractivity contribution in [3.8, 4) is 11.1 Å². The van der Waals surface area contributed by atoms with E-state index in [2.05, 4.69) is 44.3 Å². The lowest BCUT2D eigenvalue weighted by Crippen LogP contribution is -1.97. The number of halogens is 1. The monoisotopic (exact) mass is 323 g/mol. The summed E-state index contributed by atoms with van der Waals surface area (Å²) in [5.41, 5.74) is 9.32. The SMILES string of the molecule is Nc1[nH]ncc1-c1ccc(C2CCSC2)c(Br)c1. The molecule has 3 rings (SSSR count). The van der Waals surface area contributed by atoms with Gasteiger partial charge in [-0.25, -0.2) is 0 Å². The molecule has 0 bridgehead atoms. The van der Waals surface area contributed by atoms with Gasteiger partial charge in [-0.15, -0.1) is 0 Å². The summed E-state index contributed by atoms with van der Waals surface area (Å²) >= 11 is 5.72. The number of H-pyrrole nitrogens is 1. The minimum atomic E-state index is 0.617. The van der Waals surface area contributed by atoms with E-state index in [0.717, 1.165) is 11.1 Å². The quantitative estimate of drug-likeness (QED) is 0.887. The van der Waals surface area contributed by atoms with Gasteiger partial charge in [-0.3, -0.25) is 5.10 Å². The van der Waals surface area contributed by atoms with Crippen LogP contribution in [0.5, 0.6) is 0 Å². The summed E-state index contributed by atoms with van der Waals surface area (Å²) in [6.07, 6.45) is 3.04. The van der Waals surface area contributed by atoms with Crippen LogP contribution < -0.4 is 5.73 Å². The molecule has 0 radical (unpaired) electrons. The van der Waals surface area contributed by atoms with E-state index in [4.69, 9.17) is 5.73 Å². The molecule has 0 amide bonds. The number of nitrogen functional groups attached to an aromatic ring is 1.